The van der Waals surface area contributed by atoms with Crippen LogP contribution in [0.5, 0.6) is 0 Å². The molecule has 0 radical (unpaired) electrons. The Bertz CT molecular complexity index is 1520. The molecule has 0 aliphatic rings. The maximum absolute atomic E-state index is 6.38. The van der Waals surface area contributed by atoms with Crippen LogP contribution in [0.15, 0.2) is 83.3 Å². The summed E-state index contributed by atoms with van der Waals surface area (Å²) in [6.45, 7) is 2.22. The molecular formula is C27H20OS. The van der Waals surface area contributed by atoms with E-state index in [-0.39, 0.29) is 0 Å². The number of furan rings is 1. The fourth-order valence-electron chi connectivity index (χ4n) is 4.58. The lowest BCUT2D eigenvalue weighted by molar-refractivity contribution is 0.664. The summed E-state index contributed by atoms with van der Waals surface area (Å²) in [5.41, 5.74) is 6.00. The number of hydrogen-bond acceptors (Lipinski definition) is 2. The second kappa shape index (κ2) is 6.47. The van der Waals surface area contributed by atoms with Gasteiger partial charge >= 0.3 is 0 Å². The third-order valence-electron chi connectivity index (χ3n) is 5.94. The van der Waals surface area contributed by atoms with Gasteiger partial charge in [0.25, 0.3) is 0 Å². The molecule has 1 nitrogen and oxygen atoms in total. The molecule has 2 aromatic heterocycles. The van der Waals surface area contributed by atoms with Crippen molar-refractivity contribution in [3.8, 4) is 0 Å². The molecule has 6 aromatic rings. The lowest BCUT2D eigenvalue weighted by Crippen LogP contribution is -1.92. The number of hydrogen-bond donors (Lipinski definition) is 0. The zero-order valence-electron chi connectivity index (χ0n) is 16.2. The average Bonchev–Trinajstić information content (AvgIpc) is 3.33. The van der Waals surface area contributed by atoms with E-state index in [1.54, 1.807) is 0 Å². The summed E-state index contributed by atoms with van der Waals surface area (Å²) in [7, 11) is 0. The average molecular weight is 393 g/mol. The van der Waals surface area contributed by atoms with Gasteiger partial charge in [0.05, 0.1) is 0 Å². The molecule has 0 unspecified atom stereocenters. The predicted octanol–water partition coefficient (Wildman–Crippen LogP) is 8.11. The third kappa shape index (κ3) is 2.53. The molecule has 6 rings (SSSR count). The summed E-state index contributed by atoms with van der Waals surface area (Å²) in [5, 5.41) is 5.24. The Balaban J connectivity index is 1.61. The van der Waals surface area contributed by atoms with Crippen LogP contribution in [-0.4, -0.2) is 0 Å². The molecule has 0 fully saturated rings. The van der Waals surface area contributed by atoms with Crippen LogP contribution in [0.3, 0.4) is 0 Å². The fraction of sp³-hybridized carbons (Fsp3) is 0.111. The lowest BCUT2D eigenvalue weighted by atomic mass is 9.95. The van der Waals surface area contributed by atoms with Crippen LogP contribution in [0.2, 0.25) is 0 Å². The largest absolute Gasteiger partial charge is 0.456 e. The van der Waals surface area contributed by atoms with Gasteiger partial charge in [0.2, 0.25) is 0 Å². The van der Waals surface area contributed by atoms with Crippen LogP contribution in [0, 0.1) is 0 Å². The normalized spacial score (nSPS) is 11.9. The van der Waals surface area contributed by atoms with E-state index in [1.165, 1.54) is 47.6 Å². The Morgan fingerprint density at radius 2 is 1.41 bits per heavy atom. The SMILES string of the molecule is CCc1ccc(Cc2cccc3sc4ccccc4c23)c2oc3ccccc3c12. The summed E-state index contributed by atoms with van der Waals surface area (Å²) in [6, 6.07) is 28.4. The first-order chi connectivity index (χ1) is 14.3. The molecule has 0 aliphatic heterocycles. The number of aryl methyl sites for hydroxylation is 1. The van der Waals surface area contributed by atoms with Crippen molar-refractivity contribution in [3.05, 3.63) is 95.6 Å². The quantitative estimate of drug-likeness (QED) is 0.296. The van der Waals surface area contributed by atoms with Crippen molar-refractivity contribution in [3.63, 3.8) is 0 Å². The Hall–Kier alpha value is -3.10. The van der Waals surface area contributed by atoms with Crippen molar-refractivity contribution in [1.82, 2.24) is 0 Å². The lowest BCUT2D eigenvalue weighted by Gasteiger charge is -2.08. The molecule has 0 saturated heterocycles. The molecule has 0 amide bonds. The van der Waals surface area contributed by atoms with Crippen molar-refractivity contribution < 1.29 is 4.42 Å². The van der Waals surface area contributed by atoms with Gasteiger partial charge in [-0.05, 0) is 41.3 Å². The number of benzene rings is 4. The van der Waals surface area contributed by atoms with Crippen molar-refractivity contribution in [2.45, 2.75) is 19.8 Å². The summed E-state index contributed by atoms with van der Waals surface area (Å²) >= 11 is 1.88. The molecular weight excluding hydrogens is 372 g/mol. The van der Waals surface area contributed by atoms with E-state index < -0.39 is 0 Å². The zero-order valence-corrected chi connectivity index (χ0v) is 17.1. The number of thiophene rings is 1. The molecule has 4 aromatic carbocycles. The Kier molecular flexibility index (Phi) is 3.75. The number of para-hydroxylation sites is 1. The third-order valence-corrected chi connectivity index (χ3v) is 7.08. The Morgan fingerprint density at radius 3 is 2.31 bits per heavy atom. The fourth-order valence-corrected chi connectivity index (χ4v) is 5.74. The van der Waals surface area contributed by atoms with Crippen LogP contribution in [0.25, 0.3) is 42.1 Å². The first-order valence-corrected chi connectivity index (χ1v) is 11.0. The van der Waals surface area contributed by atoms with Gasteiger partial charge in [-0.1, -0.05) is 67.6 Å². The van der Waals surface area contributed by atoms with Crippen LogP contribution in [0.4, 0.5) is 0 Å². The van der Waals surface area contributed by atoms with Crippen LogP contribution >= 0.6 is 11.3 Å². The number of fused-ring (bicyclic) bond motifs is 6. The predicted molar refractivity (Wildman–Crippen MR) is 125 cm³/mol. The zero-order chi connectivity index (χ0) is 19.4. The van der Waals surface area contributed by atoms with E-state index in [0.29, 0.717) is 0 Å². The highest BCUT2D eigenvalue weighted by Crippen LogP contribution is 2.39. The van der Waals surface area contributed by atoms with E-state index in [2.05, 4.69) is 79.7 Å². The second-order valence-electron chi connectivity index (χ2n) is 7.60. The smallest absolute Gasteiger partial charge is 0.139 e. The van der Waals surface area contributed by atoms with Crippen LogP contribution < -0.4 is 0 Å². The van der Waals surface area contributed by atoms with Crippen molar-refractivity contribution in [1.29, 1.82) is 0 Å². The number of rotatable bonds is 3. The van der Waals surface area contributed by atoms with Gasteiger partial charge in [0.15, 0.2) is 0 Å². The van der Waals surface area contributed by atoms with Gasteiger partial charge in [-0.15, -0.1) is 11.3 Å². The molecule has 0 bridgehead atoms. The van der Waals surface area contributed by atoms with Crippen molar-refractivity contribution >= 4 is 53.4 Å². The van der Waals surface area contributed by atoms with Gasteiger partial charge in [0, 0.05) is 37.4 Å². The monoisotopic (exact) mass is 392 g/mol. The first kappa shape index (κ1) is 16.8. The van der Waals surface area contributed by atoms with Gasteiger partial charge in [-0.2, -0.15) is 0 Å². The van der Waals surface area contributed by atoms with E-state index in [9.17, 15) is 0 Å². The molecule has 0 atom stereocenters. The highest BCUT2D eigenvalue weighted by Gasteiger charge is 2.16. The van der Waals surface area contributed by atoms with Gasteiger partial charge in [-0.3, -0.25) is 0 Å². The summed E-state index contributed by atoms with van der Waals surface area (Å²) in [6.07, 6.45) is 1.88. The van der Waals surface area contributed by atoms with Crippen molar-refractivity contribution in [2.24, 2.45) is 0 Å². The van der Waals surface area contributed by atoms with Crippen molar-refractivity contribution in [2.75, 3.05) is 0 Å². The van der Waals surface area contributed by atoms with Gasteiger partial charge < -0.3 is 4.42 Å². The first-order valence-electron chi connectivity index (χ1n) is 10.1. The molecule has 0 saturated carbocycles. The topological polar surface area (TPSA) is 13.1 Å². The standard InChI is InChI=1S/C27H20OS/c1-2-17-14-15-19(27-26(17)20-9-3-5-11-22(20)28-27)16-18-8-7-13-24-25(18)21-10-4-6-12-23(21)29-24/h3-15H,2,16H2,1H3. The van der Waals surface area contributed by atoms with E-state index in [0.717, 1.165) is 24.0 Å². The maximum atomic E-state index is 6.38. The minimum absolute atomic E-state index is 0.873. The minimum Gasteiger partial charge on any atom is -0.456 e. The van der Waals surface area contributed by atoms with Gasteiger partial charge in [0.1, 0.15) is 11.2 Å². The van der Waals surface area contributed by atoms with Gasteiger partial charge in [-0.25, -0.2) is 0 Å². The highest BCUT2D eigenvalue weighted by molar-refractivity contribution is 7.25. The summed E-state index contributed by atoms with van der Waals surface area (Å²) in [4.78, 5) is 0. The maximum Gasteiger partial charge on any atom is 0.139 e. The van der Waals surface area contributed by atoms with Crippen LogP contribution in [0.1, 0.15) is 23.6 Å². The molecule has 140 valence electrons. The Morgan fingerprint density at radius 1 is 0.655 bits per heavy atom. The Labute approximate surface area is 173 Å². The van der Waals surface area contributed by atoms with Crippen LogP contribution in [-0.2, 0) is 12.8 Å². The molecule has 2 heteroatoms. The molecule has 0 spiro atoms. The molecule has 29 heavy (non-hydrogen) atoms. The van der Waals surface area contributed by atoms with E-state index >= 15 is 0 Å². The molecule has 0 N–H and O–H groups in total. The molecule has 0 aliphatic carbocycles. The van der Waals surface area contributed by atoms with E-state index in [1.807, 2.05) is 17.4 Å². The van der Waals surface area contributed by atoms with E-state index in [4.69, 9.17) is 4.42 Å². The minimum atomic E-state index is 0.873. The summed E-state index contributed by atoms with van der Waals surface area (Å²) < 4.78 is 9.09. The highest BCUT2D eigenvalue weighted by atomic mass is 32.1. The molecule has 2 heterocycles. The summed E-state index contributed by atoms with van der Waals surface area (Å²) in [5.74, 6) is 0. The second-order valence-corrected chi connectivity index (χ2v) is 8.69.